The highest BCUT2D eigenvalue weighted by atomic mass is 16.5. The number of carbonyl (C=O) groups excluding carboxylic acids is 1. The van der Waals surface area contributed by atoms with Gasteiger partial charge in [0.25, 0.3) is 0 Å². The largest absolute Gasteiger partial charge is 0.462 e. The molecule has 1 rings (SSSR count). The van der Waals surface area contributed by atoms with Crippen LogP contribution in [-0.4, -0.2) is 17.9 Å². The average Bonchev–Trinajstić information content (AvgIpc) is 2.38. The van der Waals surface area contributed by atoms with Crippen LogP contribution in [-0.2, 0) is 11.3 Å². The monoisotopic (exact) mass is 259 g/mol. The average molecular weight is 259 g/mol. The summed E-state index contributed by atoms with van der Waals surface area (Å²) in [5, 5.41) is 0. The Morgan fingerprint density at radius 1 is 1.26 bits per heavy atom. The van der Waals surface area contributed by atoms with E-state index in [0.29, 0.717) is 6.54 Å². The number of nitrogens with zero attached hydrogens (tertiary/aromatic N) is 1. The Labute approximate surface area is 115 Å². The maximum Gasteiger partial charge on any atom is 0.219 e. The van der Waals surface area contributed by atoms with Crippen molar-refractivity contribution in [2.24, 2.45) is 0 Å². The Kier molecular flexibility index (Phi) is 5.86. The van der Waals surface area contributed by atoms with Gasteiger partial charge in [-0.2, -0.15) is 0 Å². The third-order valence-corrected chi connectivity index (χ3v) is 2.68. The first-order valence-corrected chi connectivity index (χ1v) is 6.31. The van der Waals surface area contributed by atoms with Crippen LogP contribution >= 0.6 is 0 Å². The van der Waals surface area contributed by atoms with Crippen molar-refractivity contribution in [2.45, 2.75) is 27.3 Å². The van der Waals surface area contributed by atoms with E-state index in [0.717, 1.165) is 17.1 Å². The number of carbonyl (C=O) groups is 1. The molecule has 0 aliphatic carbocycles. The molecule has 0 spiro atoms. The molecule has 1 amide bonds. The summed E-state index contributed by atoms with van der Waals surface area (Å²) in [5.74, 6) is 1.70. The van der Waals surface area contributed by atoms with E-state index in [1.54, 1.807) is 18.9 Å². The summed E-state index contributed by atoms with van der Waals surface area (Å²) in [6, 6.07) is 7.77. The lowest BCUT2D eigenvalue weighted by molar-refractivity contribution is -0.128. The van der Waals surface area contributed by atoms with Gasteiger partial charge in [-0.3, -0.25) is 4.79 Å². The molecule has 0 radical (unpaired) electrons. The van der Waals surface area contributed by atoms with Gasteiger partial charge in [0.2, 0.25) is 5.91 Å². The van der Waals surface area contributed by atoms with E-state index in [1.165, 1.54) is 0 Å². The molecule has 3 heteroatoms. The van der Waals surface area contributed by atoms with Crippen LogP contribution in [0.1, 0.15) is 26.3 Å². The molecule has 0 unspecified atom stereocenters. The highest BCUT2D eigenvalue weighted by Gasteiger charge is 2.03. The number of hydrogen-bond donors (Lipinski definition) is 0. The fourth-order valence-corrected chi connectivity index (χ4v) is 1.50. The van der Waals surface area contributed by atoms with Gasteiger partial charge in [0.1, 0.15) is 11.5 Å². The number of benzene rings is 1. The van der Waals surface area contributed by atoms with E-state index in [1.807, 2.05) is 56.3 Å². The van der Waals surface area contributed by atoms with Crippen molar-refractivity contribution in [3.63, 3.8) is 0 Å². The van der Waals surface area contributed by atoms with Crippen LogP contribution in [0.3, 0.4) is 0 Å². The molecule has 0 saturated carbocycles. The maximum atomic E-state index is 11.1. The lowest BCUT2D eigenvalue weighted by Gasteiger charge is -2.15. The smallest absolute Gasteiger partial charge is 0.219 e. The second-order valence-electron chi connectivity index (χ2n) is 4.42. The fraction of sp³-hybridized carbons (Fsp3) is 0.312. The first-order chi connectivity index (χ1) is 9.02. The predicted octanol–water partition coefficient (Wildman–Crippen LogP) is 3.52. The lowest BCUT2D eigenvalue weighted by Crippen LogP contribution is -2.22. The summed E-state index contributed by atoms with van der Waals surface area (Å²) in [4.78, 5) is 12.8. The van der Waals surface area contributed by atoms with Crippen molar-refractivity contribution < 1.29 is 9.53 Å². The second kappa shape index (κ2) is 7.41. The van der Waals surface area contributed by atoms with Gasteiger partial charge >= 0.3 is 0 Å². The van der Waals surface area contributed by atoms with E-state index in [4.69, 9.17) is 4.74 Å². The molecule has 19 heavy (non-hydrogen) atoms. The van der Waals surface area contributed by atoms with Crippen molar-refractivity contribution in [3.8, 4) is 5.75 Å². The second-order valence-corrected chi connectivity index (χ2v) is 4.42. The van der Waals surface area contributed by atoms with Gasteiger partial charge in [-0.15, -0.1) is 0 Å². The fourth-order valence-electron chi connectivity index (χ4n) is 1.50. The van der Waals surface area contributed by atoms with Crippen molar-refractivity contribution >= 4 is 5.91 Å². The Morgan fingerprint density at radius 2 is 1.89 bits per heavy atom. The van der Waals surface area contributed by atoms with Gasteiger partial charge in [-0.05, 0) is 37.6 Å². The molecule has 1 aromatic carbocycles. The van der Waals surface area contributed by atoms with Crippen LogP contribution in [0.15, 0.2) is 48.3 Å². The van der Waals surface area contributed by atoms with Gasteiger partial charge in [-0.25, -0.2) is 0 Å². The third kappa shape index (κ3) is 5.42. The van der Waals surface area contributed by atoms with Crippen molar-refractivity contribution in [3.05, 3.63) is 53.8 Å². The van der Waals surface area contributed by atoms with Crippen molar-refractivity contribution in [1.29, 1.82) is 0 Å². The number of rotatable bonds is 5. The van der Waals surface area contributed by atoms with Crippen LogP contribution in [0.25, 0.3) is 0 Å². The van der Waals surface area contributed by atoms with Crippen LogP contribution in [0, 0.1) is 0 Å². The van der Waals surface area contributed by atoms with Gasteiger partial charge in [0.15, 0.2) is 0 Å². The minimum Gasteiger partial charge on any atom is -0.462 e. The van der Waals surface area contributed by atoms with Crippen LogP contribution in [0.2, 0.25) is 0 Å². The molecule has 0 fully saturated rings. The molecule has 0 aliphatic heterocycles. The summed E-state index contributed by atoms with van der Waals surface area (Å²) < 4.78 is 5.65. The molecule has 3 nitrogen and oxygen atoms in total. The zero-order valence-corrected chi connectivity index (χ0v) is 12.0. The molecule has 1 aromatic rings. The summed E-state index contributed by atoms with van der Waals surface area (Å²) in [6.45, 7) is 6.05. The molecule has 0 bridgehead atoms. The zero-order chi connectivity index (χ0) is 14.3. The maximum absolute atomic E-state index is 11.1. The lowest BCUT2D eigenvalue weighted by atomic mass is 10.2. The molecular weight excluding hydrogens is 238 g/mol. The Morgan fingerprint density at radius 3 is 2.42 bits per heavy atom. The minimum atomic E-state index is 0.0606. The summed E-state index contributed by atoms with van der Waals surface area (Å²) in [7, 11) is 1.79. The first-order valence-electron chi connectivity index (χ1n) is 6.31. The quantitative estimate of drug-likeness (QED) is 0.598. The summed E-state index contributed by atoms with van der Waals surface area (Å²) >= 11 is 0. The molecule has 0 heterocycles. The van der Waals surface area contributed by atoms with E-state index in [2.05, 4.69) is 0 Å². The van der Waals surface area contributed by atoms with E-state index < -0.39 is 0 Å². The normalized spacial score (nSPS) is 11.7. The summed E-state index contributed by atoms with van der Waals surface area (Å²) in [5.41, 5.74) is 1.08. The number of ether oxygens (including phenoxy) is 1. The van der Waals surface area contributed by atoms with Crippen LogP contribution in [0.5, 0.6) is 5.75 Å². The minimum absolute atomic E-state index is 0.0606. The van der Waals surface area contributed by atoms with Crippen LogP contribution < -0.4 is 4.74 Å². The SMILES string of the molecule is C/C=C\C=C(/C)Oc1ccc(CN(C)C(C)=O)cc1. The van der Waals surface area contributed by atoms with Gasteiger partial charge < -0.3 is 9.64 Å². The predicted molar refractivity (Wildman–Crippen MR) is 77.8 cm³/mol. The van der Waals surface area contributed by atoms with Crippen LogP contribution in [0.4, 0.5) is 0 Å². The number of allylic oxidation sites excluding steroid dienone is 4. The Bertz CT molecular complexity index is 472. The zero-order valence-electron chi connectivity index (χ0n) is 12.0. The topological polar surface area (TPSA) is 29.5 Å². The molecule has 0 saturated heterocycles. The highest BCUT2D eigenvalue weighted by Crippen LogP contribution is 2.16. The molecule has 0 N–H and O–H groups in total. The Hall–Kier alpha value is -2.03. The molecule has 0 aromatic heterocycles. The van der Waals surface area contributed by atoms with Gasteiger partial charge in [0, 0.05) is 20.5 Å². The molecular formula is C16H21NO2. The van der Waals surface area contributed by atoms with E-state index in [-0.39, 0.29) is 5.91 Å². The molecule has 0 aliphatic rings. The highest BCUT2D eigenvalue weighted by molar-refractivity contribution is 5.72. The van der Waals surface area contributed by atoms with Gasteiger partial charge in [-0.1, -0.05) is 24.3 Å². The van der Waals surface area contributed by atoms with Crippen molar-refractivity contribution in [1.82, 2.24) is 4.90 Å². The first kappa shape index (κ1) is 15.0. The van der Waals surface area contributed by atoms with E-state index in [9.17, 15) is 4.79 Å². The van der Waals surface area contributed by atoms with Gasteiger partial charge in [0.05, 0.1) is 0 Å². The standard InChI is InChI=1S/C16H21NO2/c1-5-6-7-13(2)19-16-10-8-15(9-11-16)12-17(4)14(3)18/h5-11H,12H2,1-4H3/b6-5-,13-7+. The summed E-state index contributed by atoms with van der Waals surface area (Å²) in [6.07, 6.45) is 5.80. The van der Waals surface area contributed by atoms with E-state index >= 15 is 0 Å². The number of amides is 1. The third-order valence-electron chi connectivity index (χ3n) is 2.68. The van der Waals surface area contributed by atoms with Crippen molar-refractivity contribution in [2.75, 3.05) is 7.05 Å². The molecule has 0 atom stereocenters. The molecule has 102 valence electrons. The number of hydrogen-bond acceptors (Lipinski definition) is 2. The Balaban J connectivity index is 2.64.